The van der Waals surface area contributed by atoms with E-state index in [-0.39, 0.29) is 0 Å². The Bertz CT molecular complexity index is 435. The summed E-state index contributed by atoms with van der Waals surface area (Å²) in [4.78, 5) is 19.0. The zero-order chi connectivity index (χ0) is 14.0. The number of hydroxylamine groups is 1. The van der Waals surface area contributed by atoms with Crippen LogP contribution in [0.2, 0.25) is 0 Å². The molecule has 0 saturated carbocycles. The van der Waals surface area contributed by atoms with Gasteiger partial charge in [0, 0.05) is 11.1 Å². The van der Waals surface area contributed by atoms with Crippen LogP contribution in [0.4, 0.5) is 13.2 Å². The van der Waals surface area contributed by atoms with E-state index in [1.807, 2.05) is 0 Å². The minimum Gasteiger partial charge on any atom is -0.374 e. The topological polar surface area (TPSA) is 71.5 Å². The van der Waals surface area contributed by atoms with Crippen molar-refractivity contribution in [2.75, 3.05) is 7.11 Å². The van der Waals surface area contributed by atoms with Gasteiger partial charge in [-0.2, -0.15) is 13.2 Å². The Kier molecular flexibility index (Phi) is 4.30. The summed E-state index contributed by atoms with van der Waals surface area (Å²) in [5, 5.41) is 10.5. The summed E-state index contributed by atoms with van der Waals surface area (Å²) in [6.45, 7) is 1.49. The zero-order valence-corrected chi connectivity index (χ0v) is 10.4. The summed E-state index contributed by atoms with van der Waals surface area (Å²) in [7, 11) is 1.08. The van der Waals surface area contributed by atoms with Gasteiger partial charge >= 0.3 is 6.18 Å². The number of nitrogens with one attached hydrogen (secondary N) is 1. The van der Waals surface area contributed by atoms with E-state index in [1.54, 1.807) is 5.48 Å². The van der Waals surface area contributed by atoms with Gasteiger partial charge < -0.3 is 5.11 Å². The van der Waals surface area contributed by atoms with Crippen LogP contribution in [-0.2, 0) is 15.2 Å². The van der Waals surface area contributed by atoms with Gasteiger partial charge in [0.05, 0.1) is 13.5 Å². The maximum Gasteiger partial charge on any atom is 0.424 e. The fourth-order valence-corrected chi connectivity index (χ4v) is 2.14. The first-order valence-electron chi connectivity index (χ1n) is 4.74. The number of hydrogen-bond donors (Lipinski definition) is 2. The minimum atomic E-state index is -5.01. The predicted octanol–water partition coefficient (Wildman–Crippen LogP) is 1.27. The molecule has 0 bridgehead atoms. The molecule has 0 aromatic carbocycles. The van der Waals surface area contributed by atoms with Crippen molar-refractivity contribution < 1.29 is 27.9 Å². The van der Waals surface area contributed by atoms with Crippen molar-refractivity contribution in [3.63, 3.8) is 0 Å². The van der Waals surface area contributed by atoms with Gasteiger partial charge in [0.2, 0.25) is 11.5 Å². The number of carbonyl (C=O) groups excluding carboxylic acids is 1. The molecule has 1 amide bonds. The number of aromatic nitrogens is 1. The third-order valence-electron chi connectivity index (χ3n) is 2.07. The lowest BCUT2D eigenvalue weighted by atomic mass is 9.99. The van der Waals surface area contributed by atoms with Crippen LogP contribution in [0.25, 0.3) is 0 Å². The second-order valence-corrected chi connectivity index (χ2v) is 4.42. The number of aryl methyl sites for hydroxylation is 1. The van der Waals surface area contributed by atoms with Crippen LogP contribution in [-0.4, -0.2) is 29.3 Å². The molecule has 0 unspecified atom stereocenters. The van der Waals surface area contributed by atoms with E-state index in [0.29, 0.717) is 17.0 Å². The van der Waals surface area contributed by atoms with Crippen LogP contribution in [0.1, 0.15) is 17.1 Å². The summed E-state index contributed by atoms with van der Waals surface area (Å²) in [6.07, 6.45) is -6.22. The maximum atomic E-state index is 12.9. The number of halogens is 3. The molecule has 1 aromatic rings. The van der Waals surface area contributed by atoms with E-state index in [1.165, 1.54) is 12.3 Å². The lowest BCUT2D eigenvalue weighted by molar-refractivity contribution is -0.268. The van der Waals surface area contributed by atoms with Gasteiger partial charge in [-0.05, 0) is 6.92 Å². The molecule has 18 heavy (non-hydrogen) atoms. The highest BCUT2D eigenvalue weighted by atomic mass is 32.1. The lowest BCUT2D eigenvalue weighted by Crippen LogP contribution is -2.46. The van der Waals surface area contributed by atoms with Crippen LogP contribution >= 0.6 is 11.3 Å². The molecule has 0 radical (unpaired) electrons. The number of aliphatic hydroxyl groups is 1. The molecule has 1 heterocycles. The van der Waals surface area contributed by atoms with E-state index < -0.39 is 29.1 Å². The zero-order valence-electron chi connectivity index (χ0n) is 9.54. The van der Waals surface area contributed by atoms with E-state index >= 15 is 0 Å². The number of hydrogen-bond acceptors (Lipinski definition) is 5. The summed E-state index contributed by atoms with van der Waals surface area (Å²) in [6, 6.07) is 0. The lowest BCUT2D eigenvalue weighted by Gasteiger charge is -2.27. The quantitative estimate of drug-likeness (QED) is 0.817. The largest absolute Gasteiger partial charge is 0.424 e. The molecule has 0 spiro atoms. The van der Waals surface area contributed by atoms with Crippen molar-refractivity contribution in [1.29, 1.82) is 0 Å². The highest BCUT2D eigenvalue weighted by Gasteiger charge is 2.58. The smallest absolute Gasteiger partial charge is 0.374 e. The number of rotatable bonds is 4. The summed E-state index contributed by atoms with van der Waals surface area (Å²) >= 11 is 0.642. The average molecular weight is 284 g/mol. The van der Waals surface area contributed by atoms with Crippen LogP contribution in [0.3, 0.4) is 0 Å². The van der Waals surface area contributed by atoms with Crippen molar-refractivity contribution in [2.45, 2.75) is 25.1 Å². The Morgan fingerprint density at radius 1 is 1.61 bits per heavy atom. The van der Waals surface area contributed by atoms with Gasteiger partial charge in [0.1, 0.15) is 5.01 Å². The molecule has 1 rings (SSSR count). The fraction of sp³-hybridized carbons (Fsp3) is 0.556. The first kappa shape index (κ1) is 14.9. The molecule has 0 saturated heterocycles. The molecule has 1 aromatic heterocycles. The van der Waals surface area contributed by atoms with Crippen LogP contribution in [0.15, 0.2) is 5.38 Å². The predicted molar refractivity (Wildman–Crippen MR) is 56.6 cm³/mol. The van der Waals surface area contributed by atoms with Crippen LogP contribution in [0, 0.1) is 6.92 Å². The maximum absolute atomic E-state index is 12.9. The number of nitrogens with zero attached hydrogens (tertiary/aromatic N) is 1. The highest BCUT2D eigenvalue weighted by molar-refractivity contribution is 7.09. The third kappa shape index (κ3) is 2.98. The van der Waals surface area contributed by atoms with Gasteiger partial charge in [-0.1, -0.05) is 0 Å². The molecule has 0 aliphatic heterocycles. The fourth-order valence-electron chi connectivity index (χ4n) is 1.22. The average Bonchev–Trinajstić information content (AvgIpc) is 2.63. The first-order chi connectivity index (χ1) is 8.20. The molecular formula is C9H11F3N2O3S. The Labute approximate surface area is 105 Å². The van der Waals surface area contributed by atoms with Crippen LogP contribution in [0.5, 0.6) is 0 Å². The number of alkyl halides is 3. The standard InChI is InChI=1S/C9H11F3N2O3S/c1-5-4-18-7(13-5)8(16,9(10,11)12)3-6(15)14-17-2/h4,16H,3H2,1-2H3,(H,14,15)/t8-/m0/s1. The molecular weight excluding hydrogens is 273 g/mol. The van der Waals surface area contributed by atoms with Gasteiger partial charge in [0.25, 0.3) is 0 Å². The van der Waals surface area contributed by atoms with E-state index in [9.17, 15) is 23.1 Å². The Morgan fingerprint density at radius 3 is 2.61 bits per heavy atom. The van der Waals surface area contributed by atoms with Crippen molar-refractivity contribution in [2.24, 2.45) is 0 Å². The molecule has 0 fully saturated rings. The molecule has 1 atom stereocenters. The molecule has 9 heteroatoms. The van der Waals surface area contributed by atoms with Gasteiger partial charge in [-0.3, -0.25) is 9.63 Å². The SMILES string of the molecule is CONC(=O)C[C@](O)(c1nc(C)cs1)C(F)(F)F. The normalized spacial score (nSPS) is 15.2. The number of carbonyl (C=O) groups is 1. The summed E-state index contributed by atoms with van der Waals surface area (Å²) in [5.74, 6) is -1.09. The monoisotopic (exact) mass is 284 g/mol. The molecule has 102 valence electrons. The highest BCUT2D eigenvalue weighted by Crippen LogP contribution is 2.42. The molecule has 0 aliphatic carbocycles. The Hall–Kier alpha value is -1.19. The van der Waals surface area contributed by atoms with Crippen molar-refractivity contribution in [3.05, 3.63) is 16.1 Å². The molecule has 2 N–H and O–H groups in total. The van der Waals surface area contributed by atoms with Crippen molar-refractivity contribution in [1.82, 2.24) is 10.5 Å². The molecule has 5 nitrogen and oxygen atoms in total. The second-order valence-electron chi connectivity index (χ2n) is 3.56. The minimum absolute atomic E-state index is 0.338. The number of amides is 1. The van der Waals surface area contributed by atoms with E-state index in [4.69, 9.17) is 0 Å². The number of thiazole rings is 1. The first-order valence-corrected chi connectivity index (χ1v) is 5.62. The van der Waals surface area contributed by atoms with Gasteiger partial charge in [-0.15, -0.1) is 11.3 Å². The van der Waals surface area contributed by atoms with Crippen molar-refractivity contribution in [3.8, 4) is 0 Å². The summed E-state index contributed by atoms with van der Waals surface area (Å²) < 4.78 is 38.7. The van der Waals surface area contributed by atoms with Crippen molar-refractivity contribution >= 4 is 17.2 Å². The summed E-state index contributed by atoms with van der Waals surface area (Å²) in [5.41, 5.74) is -1.25. The molecule has 0 aliphatic rings. The Balaban J connectivity index is 3.08. The second kappa shape index (κ2) is 5.21. The van der Waals surface area contributed by atoms with E-state index in [0.717, 1.165) is 7.11 Å². The van der Waals surface area contributed by atoms with E-state index in [2.05, 4.69) is 9.82 Å². The van der Waals surface area contributed by atoms with Gasteiger partial charge in [0.15, 0.2) is 0 Å². The Morgan fingerprint density at radius 2 is 2.22 bits per heavy atom. The third-order valence-corrected chi connectivity index (χ3v) is 3.19. The van der Waals surface area contributed by atoms with Crippen LogP contribution < -0.4 is 5.48 Å². The van der Waals surface area contributed by atoms with Gasteiger partial charge in [-0.25, -0.2) is 10.5 Å².